The van der Waals surface area contributed by atoms with E-state index in [-0.39, 0.29) is 39.2 Å². The van der Waals surface area contributed by atoms with Gasteiger partial charge in [0.1, 0.15) is 11.5 Å². The maximum Gasteiger partial charge on any atom is 0.247 e. The van der Waals surface area contributed by atoms with Crippen LogP contribution in [0.1, 0.15) is 180 Å². The van der Waals surface area contributed by atoms with Crippen LogP contribution in [0, 0.1) is 0 Å². The summed E-state index contributed by atoms with van der Waals surface area (Å²) in [5, 5.41) is 2.55. The van der Waals surface area contributed by atoms with Crippen molar-refractivity contribution < 1.29 is 4.74 Å². The van der Waals surface area contributed by atoms with Crippen LogP contribution in [0.3, 0.4) is 0 Å². The molecule has 0 fully saturated rings. The minimum absolute atomic E-state index is 0.0437. The molecule has 15 rings (SSSR count). The monoisotopic (exact) mass is 1240 g/mol. The van der Waals surface area contributed by atoms with Crippen LogP contribution in [-0.2, 0) is 37.9 Å². The van der Waals surface area contributed by atoms with Gasteiger partial charge in [-0.15, -0.1) is 0 Å². The lowest BCUT2D eigenvalue weighted by molar-refractivity contribution is 0.435. The first-order valence-corrected chi connectivity index (χ1v) is 34.6. The number of para-hydroxylation sites is 2. The van der Waals surface area contributed by atoms with Crippen LogP contribution in [0.4, 0.5) is 17.1 Å². The second-order valence-corrected chi connectivity index (χ2v) is 33.9. The van der Waals surface area contributed by atoms with Crippen molar-refractivity contribution in [3.63, 3.8) is 0 Å². The Morgan fingerprint density at radius 3 is 1.27 bits per heavy atom. The number of nitrogens with zero attached hydrogens (tertiary/aromatic N) is 2. The zero-order chi connectivity index (χ0) is 66.8. The SMILES string of the molecule is CC(C)(C)c1cc(-c2ccc3c(c2)B2c4ccc(-n5c6ccc(C(C)(C)C)cc6c6cc(C(C)(C)C)ccc65)cc4N(c4c(-c5ccccc5)cc(C(C)(C)C)cc4-c4ccccc4)c4cc(C(C)(C)C)cc(c42)C32c3ccccc3Oc3ccccc32)cc(C(C)(C)C)c1. The molecule has 0 N–H and O–H groups in total. The molecule has 0 unspecified atom stereocenters. The minimum Gasteiger partial charge on any atom is -0.457 e. The van der Waals surface area contributed by atoms with Gasteiger partial charge in [0.15, 0.2) is 0 Å². The molecule has 0 radical (unpaired) electrons. The zero-order valence-corrected chi connectivity index (χ0v) is 59.2. The van der Waals surface area contributed by atoms with Gasteiger partial charge in [-0.2, -0.15) is 0 Å². The second-order valence-electron chi connectivity index (χ2n) is 33.9. The van der Waals surface area contributed by atoms with Gasteiger partial charge < -0.3 is 14.2 Å². The molecule has 3 aliphatic heterocycles. The zero-order valence-electron chi connectivity index (χ0n) is 59.2. The lowest BCUT2D eigenvalue weighted by Crippen LogP contribution is -2.65. The van der Waals surface area contributed by atoms with Crippen molar-refractivity contribution in [2.75, 3.05) is 4.90 Å². The molecule has 95 heavy (non-hydrogen) atoms. The van der Waals surface area contributed by atoms with Gasteiger partial charge in [-0.3, -0.25) is 0 Å². The molecular weight excluding hydrogens is 1150 g/mol. The summed E-state index contributed by atoms with van der Waals surface area (Å²) < 4.78 is 9.74. The molecular formula is C91H91BN2O. The molecule has 474 valence electrons. The average Bonchev–Trinajstić information content (AvgIpc) is 1.07. The van der Waals surface area contributed by atoms with Crippen molar-refractivity contribution in [3.8, 4) is 50.6 Å². The quantitative estimate of drug-likeness (QED) is 0.160. The predicted molar refractivity (Wildman–Crippen MR) is 407 cm³/mol. The number of aromatic nitrogens is 1. The summed E-state index contributed by atoms with van der Waals surface area (Å²) in [7, 11) is 0. The average molecular weight is 1240 g/mol. The number of hydrogen-bond acceptors (Lipinski definition) is 2. The van der Waals surface area contributed by atoms with Crippen LogP contribution in [0.25, 0.3) is 60.9 Å². The van der Waals surface area contributed by atoms with E-state index in [1.807, 2.05) is 0 Å². The van der Waals surface area contributed by atoms with E-state index >= 15 is 0 Å². The summed E-state index contributed by atoms with van der Waals surface area (Å²) in [6.07, 6.45) is 0. The molecule has 4 heterocycles. The first-order valence-electron chi connectivity index (χ1n) is 34.6. The highest BCUT2D eigenvalue weighted by atomic mass is 16.5. The van der Waals surface area contributed by atoms with Gasteiger partial charge >= 0.3 is 0 Å². The topological polar surface area (TPSA) is 17.4 Å². The summed E-state index contributed by atoms with van der Waals surface area (Å²) in [6, 6.07) is 87.6. The fraction of sp³-hybridized carbons (Fsp3) is 0.275. The number of fused-ring (bicyclic) bond motifs is 13. The normalized spacial score (nSPS) is 14.3. The smallest absolute Gasteiger partial charge is 0.247 e. The fourth-order valence-corrected chi connectivity index (χ4v) is 15.7. The van der Waals surface area contributed by atoms with Crippen molar-refractivity contribution in [1.29, 1.82) is 0 Å². The third kappa shape index (κ3) is 10.0. The van der Waals surface area contributed by atoms with Gasteiger partial charge in [0.2, 0.25) is 6.71 Å². The number of anilines is 3. The molecule has 0 aliphatic carbocycles. The Hall–Kier alpha value is -9.12. The summed E-state index contributed by atoms with van der Waals surface area (Å²) >= 11 is 0. The molecule has 1 aromatic heterocycles. The minimum atomic E-state index is -0.810. The van der Waals surface area contributed by atoms with Gasteiger partial charge in [0.05, 0.1) is 22.1 Å². The van der Waals surface area contributed by atoms with E-state index in [1.165, 1.54) is 122 Å². The van der Waals surface area contributed by atoms with Crippen molar-refractivity contribution >= 4 is 62.0 Å². The molecule has 12 aromatic rings. The lowest BCUT2D eigenvalue weighted by Gasteiger charge is -2.51. The Balaban J connectivity index is 1.15. The van der Waals surface area contributed by atoms with Gasteiger partial charge in [0.25, 0.3) is 0 Å². The second kappa shape index (κ2) is 21.4. The van der Waals surface area contributed by atoms with E-state index in [2.05, 4.69) is 359 Å². The summed E-state index contributed by atoms with van der Waals surface area (Å²) in [5.74, 6) is 1.76. The fourth-order valence-electron chi connectivity index (χ4n) is 15.7. The highest BCUT2D eigenvalue weighted by Gasteiger charge is 2.55. The standard InChI is InChI=1S/C91H91BN2O/c1-85(2,3)60-38-43-77-69(49-60)70-50-61(86(4,5)6)39-44-78(70)93(77)66-40-42-75-79(55-66)94(84-67(56-29-21-19-22-30-56)51-64(89(13,14)15)52-68(84)57-31-23-20-24-32-57)80-54-65(90(16,17)18)53-74-83(80)92(75)76-47-58(59-45-62(87(7,8)9)48-63(46-59)88(10,11)12)37-41-71(76)91(74)72-33-25-27-35-81(72)95-82-36-28-26-34-73(82)91/h19-55H,1-18H3. The van der Waals surface area contributed by atoms with Gasteiger partial charge in [0, 0.05) is 50.1 Å². The van der Waals surface area contributed by atoms with Crippen LogP contribution < -0.4 is 26.0 Å². The molecule has 0 bridgehead atoms. The third-order valence-electron chi connectivity index (χ3n) is 21.2. The molecule has 0 saturated heterocycles. The lowest BCUT2D eigenvalue weighted by atomic mass is 9.29. The van der Waals surface area contributed by atoms with Gasteiger partial charge in [-0.05, 0) is 177 Å². The highest BCUT2D eigenvalue weighted by molar-refractivity contribution is 6.99. The Labute approximate surface area is 566 Å². The Kier molecular flexibility index (Phi) is 14.0. The van der Waals surface area contributed by atoms with Crippen molar-refractivity contribution in [1.82, 2.24) is 4.57 Å². The van der Waals surface area contributed by atoms with Crippen LogP contribution in [0.2, 0.25) is 0 Å². The maximum atomic E-state index is 7.17. The number of ether oxygens (including phenoxy) is 1. The van der Waals surface area contributed by atoms with Gasteiger partial charge in [-0.25, -0.2) is 0 Å². The molecule has 3 aliphatic rings. The van der Waals surface area contributed by atoms with E-state index in [0.717, 1.165) is 39.7 Å². The van der Waals surface area contributed by atoms with Crippen LogP contribution in [0.15, 0.2) is 224 Å². The number of hydrogen-bond donors (Lipinski definition) is 0. The summed E-state index contributed by atoms with van der Waals surface area (Å²) in [6.45, 7) is 42.2. The number of benzene rings is 11. The van der Waals surface area contributed by atoms with E-state index in [1.54, 1.807) is 0 Å². The van der Waals surface area contributed by atoms with Crippen LogP contribution in [-0.4, -0.2) is 11.3 Å². The number of rotatable bonds is 5. The van der Waals surface area contributed by atoms with Crippen molar-refractivity contribution in [2.45, 2.75) is 163 Å². The molecule has 0 saturated carbocycles. The van der Waals surface area contributed by atoms with Gasteiger partial charge in [-0.1, -0.05) is 288 Å². The van der Waals surface area contributed by atoms with E-state index in [0.29, 0.717) is 0 Å². The first-order chi connectivity index (χ1) is 44.9. The molecule has 0 atom stereocenters. The predicted octanol–water partition coefficient (Wildman–Crippen LogP) is 22.7. The largest absolute Gasteiger partial charge is 0.457 e. The van der Waals surface area contributed by atoms with Crippen LogP contribution >= 0.6 is 0 Å². The molecule has 4 heteroatoms. The summed E-state index contributed by atoms with van der Waals surface area (Å²) in [4.78, 5) is 2.76. The van der Waals surface area contributed by atoms with E-state index in [4.69, 9.17) is 4.74 Å². The first kappa shape index (κ1) is 62.0. The Morgan fingerprint density at radius 2 is 0.779 bits per heavy atom. The molecule has 11 aromatic carbocycles. The molecule has 0 amide bonds. The maximum absolute atomic E-state index is 7.17. The van der Waals surface area contributed by atoms with E-state index < -0.39 is 5.41 Å². The van der Waals surface area contributed by atoms with Crippen LogP contribution in [0.5, 0.6) is 11.5 Å². The Morgan fingerprint density at radius 1 is 0.316 bits per heavy atom. The van der Waals surface area contributed by atoms with E-state index in [9.17, 15) is 0 Å². The third-order valence-corrected chi connectivity index (χ3v) is 21.2. The summed E-state index contributed by atoms with van der Waals surface area (Å²) in [5.41, 5.74) is 29.3. The Bertz CT molecular complexity index is 4880. The van der Waals surface area contributed by atoms with Crippen molar-refractivity contribution in [2.24, 2.45) is 0 Å². The highest BCUT2D eigenvalue weighted by Crippen LogP contribution is 2.59. The van der Waals surface area contributed by atoms with Crippen molar-refractivity contribution in [3.05, 3.63) is 280 Å². The molecule has 1 spiro atoms. The molecule has 3 nitrogen and oxygen atoms in total.